The number of nitrogens with zero attached hydrogens (tertiary/aromatic N) is 3. The van der Waals surface area contributed by atoms with Gasteiger partial charge >= 0.3 is 0 Å². The predicted molar refractivity (Wildman–Crippen MR) is 120 cm³/mol. The standard InChI is InChI=1S/C23H39N5O2/c1-17-18(2)22(25-19(17)3)23(30)28-10-6-20(7-11-28)16-21(29)24-8-5-9-27-14-12-26(4)13-15-27/h20,25H,5-16H2,1-4H3,(H,24,29). The first kappa shape index (κ1) is 22.8. The molecule has 2 fully saturated rings. The maximum atomic E-state index is 12.8. The number of likely N-dealkylation sites (N-methyl/N-ethyl adjacent to an activating group) is 1. The zero-order chi connectivity index (χ0) is 21.7. The van der Waals surface area contributed by atoms with E-state index in [4.69, 9.17) is 0 Å². The quantitative estimate of drug-likeness (QED) is 0.665. The topological polar surface area (TPSA) is 71.7 Å². The fraction of sp³-hybridized carbons (Fsp3) is 0.739. The third kappa shape index (κ3) is 5.85. The maximum absolute atomic E-state index is 12.8. The Balaban J connectivity index is 1.32. The molecular formula is C23H39N5O2. The monoisotopic (exact) mass is 417 g/mol. The van der Waals surface area contributed by atoms with Crippen molar-refractivity contribution in [2.45, 2.75) is 46.5 Å². The summed E-state index contributed by atoms with van der Waals surface area (Å²) in [5, 5.41) is 3.09. The number of rotatable bonds is 7. The highest BCUT2D eigenvalue weighted by atomic mass is 16.2. The minimum Gasteiger partial charge on any atom is -0.356 e. The van der Waals surface area contributed by atoms with Crippen LogP contribution < -0.4 is 5.32 Å². The largest absolute Gasteiger partial charge is 0.356 e. The van der Waals surface area contributed by atoms with Crippen molar-refractivity contribution in [2.75, 3.05) is 59.4 Å². The van der Waals surface area contributed by atoms with Crippen molar-refractivity contribution in [2.24, 2.45) is 5.92 Å². The molecule has 0 bridgehead atoms. The van der Waals surface area contributed by atoms with Crippen LogP contribution in [0.5, 0.6) is 0 Å². The van der Waals surface area contributed by atoms with Gasteiger partial charge in [0.1, 0.15) is 5.69 Å². The second kappa shape index (κ2) is 10.4. The molecule has 0 radical (unpaired) electrons. The van der Waals surface area contributed by atoms with Crippen LogP contribution in [0.1, 0.15) is 53.0 Å². The molecule has 1 aromatic rings. The summed E-state index contributed by atoms with van der Waals surface area (Å²) in [5.41, 5.74) is 4.00. The molecule has 0 aliphatic carbocycles. The van der Waals surface area contributed by atoms with Crippen molar-refractivity contribution in [1.29, 1.82) is 0 Å². The van der Waals surface area contributed by atoms with Gasteiger partial charge < -0.3 is 25.0 Å². The van der Waals surface area contributed by atoms with Crippen molar-refractivity contribution < 1.29 is 9.59 Å². The lowest BCUT2D eigenvalue weighted by atomic mass is 9.93. The van der Waals surface area contributed by atoms with E-state index in [2.05, 4.69) is 27.1 Å². The van der Waals surface area contributed by atoms with E-state index in [0.29, 0.717) is 12.3 Å². The number of piperazine rings is 1. The second-order valence-electron chi connectivity index (χ2n) is 9.16. The summed E-state index contributed by atoms with van der Waals surface area (Å²) in [6, 6.07) is 0. The van der Waals surface area contributed by atoms with Crippen molar-refractivity contribution >= 4 is 11.8 Å². The first-order chi connectivity index (χ1) is 14.3. The molecule has 7 nitrogen and oxygen atoms in total. The highest BCUT2D eigenvalue weighted by molar-refractivity contribution is 5.94. The summed E-state index contributed by atoms with van der Waals surface area (Å²) >= 11 is 0. The number of amides is 2. The van der Waals surface area contributed by atoms with Crippen molar-refractivity contribution in [3.05, 3.63) is 22.5 Å². The summed E-state index contributed by atoms with van der Waals surface area (Å²) in [6.45, 7) is 13.9. The number of aromatic amines is 1. The van der Waals surface area contributed by atoms with E-state index in [1.807, 2.05) is 25.7 Å². The zero-order valence-electron chi connectivity index (χ0n) is 19.2. The predicted octanol–water partition coefficient (Wildman–Crippen LogP) is 1.94. The molecule has 2 aliphatic heterocycles. The van der Waals surface area contributed by atoms with E-state index in [1.54, 1.807) is 0 Å². The van der Waals surface area contributed by atoms with Gasteiger partial charge in [-0.1, -0.05) is 0 Å². The highest BCUT2D eigenvalue weighted by Crippen LogP contribution is 2.24. The molecule has 0 unspecified atom stereocenters. The molecule has 1 aromatic heterocycles. The Morgan fingerprint density at radius 3 is 2.27 bits per heavy atom. The van der Waals surface area contributed by atoms with Gasteiger partial charge in [-0.2, -0.15) is 0 Å². The minimum atomic E-state index is 0.0931. The van der Waals surface area contributed by atoms with Gasteiger partial charge in [0.25, 0.3) is 5.91 Å². The van der Waals surface area contributed by atoms with Gasteiger partial charge in [0.05, 0.1) is 0 Å². The Hall–Kier alpha value is -1.86. The fourth-order valence-electron chi connectivity index (χ4n) is 4.49. The molecule has 2 amide bonds. The average molecular weight is 418 g/mol. The van der Waals surface area contributed by atoms with Crippen LogP contribution in [-0.4, -0.2) is 90.9 Å². The third-order valence-electron chi connectivity index (χ3n) is 6.97. The van der Waals surface area contributed by atoms with Gasteiger partial charge in [-0.3, -0.25) is 9.59 Å². The van der Waals surface area contributed by atoms with Crippen LogP contribution >= 0.6 is 0 Å². The number of likely N-dealkylation sites (tertiary alicyclic amines) is 1. The minimum absolute atomic E-state index is 0.0931. The SMILES string of the molecule is Cc1[nH]c(C(=O)N2CCC(CC(=O)NCCCN3CCN(C)CC3)CC2)c(C)c1C. The number of carbonyl (C=O) groups excluding carboxylic acids is 2. The molecule has 2 saturated heterocycles. The lowest BCUT2D eigenvalue weighted by Gasteiger charge is -2.32. The lowest BCUT2D eigenvalue weighted by molar-refractivity contribution is -0.122. The molecule has 7 heteroatoms. The first-order valence-electron chi connectivity index (χ1n) is 11.5. The molecule has 0 atom stereocenters. The Labute approximate surface area is 181 Å². The van der Waals surface area contributed by atoms with Gasteiger partial charge in [-0.05, 0) is 70.7 Å². The summed E-state index contributed by atoms with van der Waals surface area (Å²) in [7, 11) is 2.17. The molecule has 3 heterocycles. The Bertz CT molecular complexity index is 728. The summed E-state index contributed by atoms with van der Waals surface area (Å²) in [4.78, 5) is 35.2. The van der Waals surface area contributed by atoms with Crippen LogP contribution in [0.25, 0.3) is 0 Å². The molecule has 3 rings (SSSR count). The van der Waals surface area contributed by atoms with E-state index < -0.39 is 0 Å². The number of aromatic nitrogens is 1. The van der Waals surface area contributed by atoms with Crippen LogP contribution in [-0.2, 0) is 4.79 Å². The third-order valence-corrected chi connectivity index (χ3v) is 6.97. The van der Waals surface area contributed by atoms with E-state index in [0.717, 1.165) is 94.1 Å². The van der Waals surface area contributed by atoms with Gasteiger partial charge in [-0.15, -0.1) is 0 Å². The summed E-state index contributed by atoms with van der Waals surface area (Å²) in [5.74, 6) is 0.625. The zero-order valence-corrected chi connectivity index (χ0v) is 19.2. The van der Waals surface area contributed by atoms with Gasteiger partial charge in [0.2, 0.25) is 5.91 Å². The molecule has 2 N–H and O–H groups in total. The van der Waals surface area contributed by atoms with Crippen LogP contribution in [0.2, 0.25) is 0 Å². The van der Waals surface area contributed by atoms with Crippen LogP contribution in [0, 0.1) is 26.7 Å². The Kier molecular flexibility index (Phi) is 7.94. The molecule has 168 valence electrons. The van der Waals surface area contributed by atoms with Crippen LogP contribution in [0.4, 0.5) is 0 Å². The molecule has 2 aliphatic rings. The molecular weight excluding hydrogens is 378 g/mol. The number of hydrogen-bond acceptors (Lipinski definition) is 4. The van der Waals surface area contributed by atoms with Crippen LogP contribution in [0.15, 0.2) is 0 Å². The summed E-state index contributed by atoms with van der Waals surface area (Å²) < 4.78 is 0. The van der Waals surface area contributed by atoms with Crippen molar-refractivity contribution in [3.63, 3.8) is 0 Å². The van der Waals surface area contributed by atoms with Crippen molar-refractivity contribution in [1.82, 2.24) is 25.0 Å². The van der Waals surface area contributed by atoms with Crippen LogP contribution in [0.3, 0.4) is 0 Å². The van der Waals surface area contributed by atoms with Crippen molar-refractivity contribution in [3.8, 4) is 0 Å². The number of piperidine rings is 1. The van der Waals surface area contributed by atoms with Gasteiger partial charge in [-0.25, -0.2) is 0 Å². The number of aryl methyl sites for hydroxylation is 1. The highest BCUT2D eigenvalue weighted by Gasteiger charge is 2.27. The van der Waals surface area contributed by atoms with Gasteiger partial charge in [0.15, 0.2) is 0 Å². The molecule has 0 aromatic carbocycles. The fourth-order valence-corrected chi connectivity index (χ4v) is 4.49. The van der Waals surface area contributed by atoms with E-state index in [1.165, 1.54) is 0 Å². The Morgan fingerprint density at radius 2 is 1.67 bits per heavy atom. The summed E-state index contributed by atoms with van der Waals surface area (Å²) in [6.07, 6.45) is 3.39. The van der Waals surface area contributed by atoms with E-state index >= 15 is 0 Å². The number of nitrogens with one attached hydrogen (secondary N) is 2. The number of hydrogen-bond donors (Lipinski definition) is 2. The number of carbonyl (C=O) groups is 2. The maximum Gasteiger partial charge on any atom is 0.270 e. The normalized spacial score (nSPS) is 19.3. The molecule has 30 heavy (non-hydrogen) atoms. The number of H-pyrrole nitrogens is 1. The first-order valence-corrected chi connectivity index (χ1v) is 11.5. The lowest BCUT2D eigenvalue weighted by Crippen LogP contribution is -2.45. The molecule has 0 saturated carbocycles. The Morgan fingerprint density at radius 1 is 1.00 bits per heavy atom. The van der Waals surface area contributed by atoms with E-state index in [9.17, 15) is 9.59 Å². The second-order valence-corrected chi connectivity index (χ2v) is 9.16. The van der Waals surface area contributed by atoms with Gasteiger partial charge in [0, 0.05) is 57.9 Å². The molecule has 0 spiro atoms. The van der Waals surface area contributed by atoms with E-state index in [-0.39, 0.29) is 11.8 Å². The average Bonchev–Trinajstić information content (AvgIpc) is 3.00. The smallest absolute Gasteiger partial charge is 0.270 e.